The third kappa shape index (κ3) is 3.73. The molecule has 100 valence electrons. The molecule has 1 aromatic rings. The molecule has 0 bridgehead atoms. The van der Waals surface area contributed by atoms with E-state index in [2.05, 4.69) is 37.8 Å². The molecule has 0 atom stereocenters. The van der Waals surface area contributed by atoms with Crippen LogP contribution in [0.1, 0.15) is 39.2 Å². The lowest BCUT2D eigenvalue weighted by atomic mass is 9.75. The van der Waals surface area contributed by atoms with Crippen molar-refractivity contribution in [2.24, 2.45) is 11.3 Å². The Labute approximate surface area is 116 Å². The summed E-state index contributed by atoms with van der Waals surface area (Å²) < 4.78 is 0. The van der Waals surface area contributed by atoms with Crippen molar-refractivity contribution in [2.75, 3.05) is 13.1 Å². The highest BCUT2D eigenvalue weighted by molar-refractivity contribution is 6.30. The lowest BCUT2D eigenvalue weighted by molar-refractivity contribution is 0.108. The highest BCUT2D eigenvalue weighted by atomic mass is 35.5. The zero-order valence-electron chi connectivity index (χ0n) is 11.7. The van der Waals surface area contributed by atoms with Gasteiger partial charge in [0.25, 0.3) is 0 Å². The molecular formula is C16H24ClN. The van der Waals surface area contributed by atoms with Crippen LogP contribution in [0.3, 0.4) is 0 Å². The molecule has 0 N–H and O–H groups in total. The molecule has 0 radical (unpaired) electrons. The molecule has 0 aromatic heterocycles. The van der Waals surface area contributed by atoms with Gasteiger partial charge in [-0.05, 0) is 55.0 Å². The third-order valence-corrected chi connectivity index (χ3v) is 4.38. The number of hydrogen-bond acceptors (Lipinski definition) is 1. The highest BCUT2D eigenvalue weighted by Gasteiger charge is 2.28. The second-order valence-corrected chi connectivity index (χ2v) is 6.98. The number of likely N-dealkylation sites (tertiary alicyclic amines) is 1. The molecule has 1 aliphatic heterocycles. The van der Waals surface area contributed by atoms with Crippen LogP contribution < -0.4 is 0 Å². The molecule has 2 rings (SSSR count). The summed E-state index contributed by atoms with van der Waals surface area (Å²) in [4.78, 5) is 2.56. The van der Waals surface area contributed by atoms with E-state index in [1.54, 1.807) is 0 Å². The molecule has 1 fully saturated rings. The summed E-state index contributed by atoms with van der Waals surface area (Å²) in [7, 11) is 0. The van der Waals surface area contributed by atoms with E-state index in [0.29, 0.717) is 5.41 Å². The minimum absolute atomic E-state index is 0.465. The number of piperidine rings is 1. The summed E-state index contributed by atoms with van der Waals surface area (Å²) >= 11 is 5.91. The van der Waals surface area contributed by atoms with Gasteiger partial charge in [0.2, 0.25) is 0 Å². The van der Waals surface area contributed by atoms with E-state index in [9.17, 15) is 0 Å². The van der Waals surface area contributed by atoms with Gasteiger partial charge in [0.1, 0.15) is 0 Å². The van der Waals surface area contributed by atoms with Crippen LogP contribution in [0.4, 0.5) is 0 Å². The Morgan fingerprint density at radius 3 is 2.17 bits per heavy atom. The average Bonchev–Trinajstić information content (AvgIpc) is 2.32. The van der Waals surface area contributed by atoms with Crippen molar-refractivity contribution in [3.05, 3.63) is 34.9 Å². The minimum Gasteiger partial charge on any atom is -0.299 e. The van der Waals surface area contributed by atoms with E-state index in [1.165, 1.54) is 31.5 Å². The molecule has 1 heterocycles. The van der Waals surface area contributed by atoms with E-state index in [-0.39, 0.29) is 0 Å². The Bertz CT molecular complexity index is 369. The predicted octanol–water partition coefficient (Wildman–Crippen LogP) is 4.60. The van der Waals surface area contributed by atoms with Gasteiger partial charge in [-0.25, -0.2) is 0 Å². The number of rotatable bonds is 2. The minimum atomic E-state index is 0.465. The zero-order valence-corrected chi connectivity index (χ0v) is 12.5. The Kier molecular flexibility index (Phi) is 4.34. The van der Waals surface area contributed by atoms with Crippen LogP contribution in [0.5, 0.6) is 0 Å². The Hall–Kier alpha value is -0.530. The predicted molar refractivity (Wildman–Crippen MR) is 78.9 cm³/mol. The molecule has 0 aliphatic carbocycles. The fourth-order valence-electron chi connectivity index (χ4n) is 2.81. The molecule has 0 saturated carbocycles. The van der Waals surface area contributed by atoms with Crippen LogP contribution >= 0.6 is 11.6 Å². The van der Waals surface area contributed by atoms with Crippen LogP contribution in [-0.4, -0.2) is 18.0 Å². The van der Waals surface area contributed by atoms with E-state index in [1.807, 2.05) is 12.1 Å². The van der Waals surface area contributed by atoms with Gasteiger partial charge in [0.05, 0.1) is 0 Å². The van der Waals surface area contributed by atoms with E-state index in [0.717, 1.165) is 17.5 Å². The molecule has 2 heteroatoms. The van der Waals surface area contributed by atoms with Crippen LogP contribution in [0, 0.1) is 11.3 Å². The maximum atomic E-state index is 5.91. The molecule has 1 aliphatic rings. The first-order chi connectivity index (χ1) is 8.45. The Morgan fingerprint density at radius 2 is 1.67 bits per heavy atom. The fraction of sp³-hybridized carbons (Fsp3) is 0.625. The summed E-state index contributed by atoms with van der Waals surface area (Å²) in [6.45, 7) is 10.6. The van der Waals surface area contributed by atoms with Crippen LogP contribution in [-0.2, 0) is 6.54 Å². The van der Waals surface area contributed by atoms with E-state index >= 15 is 0 Å². The van der Waals surface area contributed by atoms with Crippen molar-refractivity contribution in [2.45, 2.75) is 40.2 Å². The summed E-state index contributed by atoms with van der Waals surface area (Å²) in [6.07, 6.45) is 2.66. The molecule has 1 aromatic carbocycles. The van der Waals surface area contributed by atoms with Gasteiger partial charge in [0, 0.05) is 11.6 Å². The average molecular weight is 266 g/mol. The summed E-state index contributed by atoms with van der Waals surface area (Å²) in [6, 6.07) is 8.24. The summed E-state index contributed by atoms with van der Waals surface area (Å²) in [5, 5.41) is 0.824. The third-order valence-electron chi connectivity index (χ3n) is 4.13. The van der Waals surface area contributed by atoms with Gasteiger partial charge in [-0.3, -0.25) is 4.90 Å². The first kappa shape index (κ1) is 13.9. The van der Waals surface area contributed by atoms with Gasteiger partial charge in [-0.2, -0.15) is 0 Å². The van der Waals surface area contributed by atoms with Gasteiger partial charge >= 0.3 is 0 Å². The summed E-state index contributed by atoms with van der Waals surface area (Å²) in [5.41, 5.74) is 1.83. The Balaban J connectivity index is 1.85. The van der Waals surface area contributed by atoms with E-state index in [4.69, 9.17) is 11.6 Å². The zero-order chi connectivity index (χ0) is 13.2. The van der Waals surface area contributed by atoms with Crippen molar-refractivity contribution >= 4 is 11.6 Å². The van der Waals surface area contributed by atoms with Gasteiger partial charge in [-0.15, -0.1) is 0 Å². The monoisotopic (exact) mass is 265 g/mol. The van der Waals surface area contributed by atoms with Crippen LogP contribution in [0.15, 0.2) is 24.3 Å². The largest absolute Gasteiger partial charge is 0.299 e. The molecule has 0 unspecified atom stereocenters. The fourth-order valence-corrected chi connectivity index (χ4v) is 2.93. The smallest absolute Gasteiger partial charge is 0.0406 e. The van der Waals surface area contributed by atoms with E-state index < -0.39 is 0 Å². The maximum absolute atomic E-state index is 5.91. The van der Waals surface area contributed by atoms with Crippen molar-refractivity contribution in [1.29, 1.82) is 0 Å². The second kappa shape index (κ2) is 5.63. The Morgan fingerprint density at radius 1 is 1.11 bits per heavy atom. The molecular weight excluding hydrogens is 242 g/mol. The molecule has 18 heavy (non-hydrogen) atoms. The first-order valence-electron chi connectivity index (χ1n) is 6.92. The first-order valence-corrected chi connectivity index (χ1v) is 7.30. The number of halogens is 1. The second-order valence-electron chi connectivity index (χ2n) is 6.54. The van der Waals surface area contributed by atoms with Crippen molar-refractivity contribution in [1.82, 2.24) is 4.90 Å². The normalized spacial score (nSPS) is 19.1. The van der Waals surface area contributed by atoms with Crippen molar-refractivity contribution in [3.63, 3.8) is 0 Å². The number of hydrogen-bond donors (Lipinski definition) is 0. The lowest BCUT2D eigenvalue weighted by Crippen LogP contribution is -2.37. The highest BCUT2D eigenvalue weighted by Crippen LogP contribution is 2.34. The van der Waals surface area contributed by atoms with Crippen LogP contribution in [0.2, 0.25) is 5.02 Å². The van der Waals surface area contributed by atoms with Gasteiger partial charge < -0.3 is 0 Å². The van der Waals surface area contributed by atoms with Gasteiger partial charge in [0.15, 0.2) is 0 Å². The standard InChI is InChI=1S/C16H24ClN/c1-16(2,3)14-8-10-18(11-9-14)12-13-4-6-15(17)7-5-13/h4-7,14H,8-12H2,1-3H3. The van der Waals surface area contributed by atoms with Crippen molar-refractivity contribution < 1.29 is 0 Å². The topological polar surface area (TPSA) is 3.24 Å². The maximum Gasteiger partial charge on any atom is 0.0406 e. The quantitative estimate of drug-likeness (QED) is 0.756. The molecule has 1 nitrogen and oxygen atoms in total. The van der Waals surface area contributed by atoms with Crippen LogP contribution in [0.25, 0.3) is 0 Å². The molecule has 1 saturated heterocycles. The lowest BCUT2D eigenvalue weighted by Gasteiger charge is -2.38. The van der Waals surface area contributed by atoms with Crippen molar-refractivity contribution in [3.8, 4) is 0 Å². The number of nitrogens with zero attached hydrogens (tertiary/aromatic N) is 1. The molecule has 0 amide bonds. The summed E-state index contributed by atoms with van der Waals surface area (Å²) in [5.74, 6) is 0.874. The molecule has 0 spiro atoms. The number of benzene rings is 1. The SMILES string of the molecule is CC(C)(C)C1CCN(Cc2ccc(Cl)cc2)CC1. The van der Waals surface area contributed by atoms with Gasteiger partial charge in [-0.1, -0.05) is 44.5 Å².